The highest BCUT2D eigenvalue weighted by Gasteiger charge is 2.12. The van der Waals surface area contributed by atoms with E-state index in [0.29, 0.717) is 18.0 Å². The smallest absolute Gasteiger partial charge is 0.405 e. The minimum atomic E-state index is -1.05. The fourth-order valence-corrected chi connectivity index (χ4v) is 1.46. The number of rotatable bonds is 4. The highest BCUT2D eigenvalue weighted by Crippen LogP contribution is 2.18. The van der Waals surface area contributed by atoms with Crippen LogP contribution in [0.25, 0.3) is 0 Å². The van der Waals surface area contributed by atoms with Crippen LogP contribution in [0, 0.1) is 0 Å². The summed E-state index contributed by atoms with van der Waals surface area (Å²) >= 11 is 5.74. The predicted molar refractivity (Wildman–Crippen MR) is 59.0 cm³/mol. The van der Waals surface area contributed by atoms with Gasteiger partial charge in [0.2, 0.25) is 0 Å². The van der Waals surface area contributed by atoms with Crippen LogP contribution < -0.4 is 11.1 Å². The van der Waals surface area contributed by atoms with E-state index in [0.717, 1.165) is 5.56 Å². The van der Waals surface area contributed by atoms with Crippen molar-refractivity contribution in [2.24, 2.45) is 5.73 Å². The zero-order valence-corrected chi connectivity index (χ0v) is 8.87. The molecule has 1 rings (SSSR count). The second-order valence-corrected chi connectivity index (χ2v) is 3.57. The Hall–Kier alpha value is -1.26. The summed E-state index contributed by atoms with van der Waals surface area (Å²) in [6.45, 7) is 0.424. The molecule has 0 aromatic heterocycles. The van der Waals surface area contributed by atoms with Gasteiger partial charge >= 0.3 is 6.09 Å². The molecule has 0 spiro atoms. The van der Waals surface area contributed by atoms with E-state index in [-0.39, 0.29) is 6.04 Å². The number of halogens is 1. The molecule has 0 aliphatic rings. The van der Waals surface area contributed by atoms with E-state index in [1.165, 1.54) is 0 Å². The number of carbonyl (C=O) groups is 1. The average molecular weight is 229 g/mol. The van der Waals surface area contributed by atoms with E-state index >= 15 is 0 Å². The molecule has 0 bridgehead atoms. The Morgan fingerprint density at radius 2 is 2.07 bits per heavy atom. The van der Waals surface area contributed by atoms with Gasteiger partial charge in [-0.25, -0.2) is 4.79 Å². The van der Waals surface area contributed by atoms with Crippen LogP contribution in [0.3, 0.4) is 0 Å². The van der Waals surface area contributed by atoms with E-state index in [1.54, 1.807) is 24.3 Å². The summed E-state index contributed by atoms with van der Waals surface area (Å²) < 4.78 is 0. The van der Waals surface area contributed by atoms with Gasteiger partial charge in [-0.15, -0.1) is 0 Å². The lowest BCUT2D eigenvalue weighted by Gasteiger charge is -2.16. The molecule has 0 fully saturated rings. The first-order valence-electron chi connectivity index (χ1n) is 4.58. The summed E-state index contributed by atoms with van der Waals surface area (Å²) in [5.41, 5.74) is 6.28. The fourth-order valence-electron chi connectivity index (χ4n) is 1.33. The van der Waals surface area contributed by atoms with Gasteiger partial charge in [0.05, 0.1) is 6.04 Å². The molecule has 4 nitrogen and oxygen atoms in total. The SMILES string of the molecule is NCCC(NC(=O)O)c1ccc(Cl)cc1. The van der Waals surface area contributed by atoms with Crippen LogP contribution in [0.15, 0.2) is 24.3 Å². The minimum Gasteiger partial charge on any atom is -0.465 e. The molecule has 0 aliphatic carbocycles. The van der Waals surface area contributed by atoms with Crippen molar-refractivity contribution in [1.29, 1.82) is 0 Å². The van der Waals surface area contributed by atoms with E-state index in [1.807, 2.05) is 0 Å². The lowest BCUT2D eigenvalue weighted by Crippen LogP contribution is -2.28. The van der Waals surface area contributed by atoms with Gasteiger partial charge in [0.15, 0.2) is 0 Å². The molecule has 5 heteroatoms. The lowest BCUT2D eigenvalue weighted by molar-refractivity contribution is 0.189. The molecule has 15 heavy (non-hydrogen) atoms. The number of carboxylic acid groups (broad SMARTS) is 1. The molecule has 1 amide bonds. The van der Waals surface area contributed by atoms with Crippen molar-refractivity contribution in [3.8, 4) is 0 Å². The standard InChI is InChI=1S/C10H13ClN2O2/c11-8-3-1-7(2-4-8)9(5-6-12)13-10(14)15/h1-4,9,13H,5-6,12H2,(H,14,15). The Morgan fingerprint density at radius 1 is 1.47 bits per heavy atom. The lowest BCUT2D eigenvalue weighted by atomic mass is 10.0. The molecule has 0 radical (unpaired) electrons. The molecule has 0 heterocycles. The Bertz CT molecular complexity index is 327. The molecule has 4 N–H and O–H groups in total. The quantitative estimate of drug-likeness (QED) is 0.738. The van der Waals surface area contributed by atoms with Crippen molar-refractivity contribution < 1.29 is 9.90 Å². The number of amides is 1. The summed E-state index contributed by atoms with van der Waals surface area (Å²) in [6, 6.07) is 6.76. The maximum absolute atomic E-state index is 10.5. The third-order valence-electron chi connectivity index (χ3n) is 2.03. The summed E-state index contributed by atoms with van der Waals surface area (Å²) in [5.74, 6) is 0. The van der Waals surface area contributed by atoms with Gasteiger partial charge in [0.1, 0.15) is 0 Å². The topological polar surface area (TPSA) is 75.3 Å². The average Bonchev–Trinajstić information content (AvgIpc) is 2.17. The van der Waals surface area contributed by atoms with Crippen LogP contribution in [-0.4, -0.2) is 17.7 Å². The summed E-state index contributed by atoms with van der Waals surface area (Å²) in [7, 11) is 0. The molecule has 1 atom stereocenters. The molecule has 0 saturated heterocycles. The van der Waals surface area contributed by atoms with Crippen molar-refractivity contribution in [3.63, 3.8) is 0 Å². The first-order chi connectivity index (χ1) is 7.13. The summed E-state index contributed by atoms with van der Waals surface area (Å²) in [4.78, 5) is 10.5. The van der Waals surface area contributed by atoms with Crippen molar-refractivity contribution in [3.05, 3.63) is 34.9 Å². The predicted octanol–water partition coefficient (Wildman–Crippen LogP) is 2.00. The monoisotopic (exact) mass is 228 g/mol. The maximum atomic E-state index is 10.5. The van der Waals surface area contributed by atoms with Crippen LogP contribution in [0.5, 0.6) is 0 Å². The zero-order valence-electron chi connectivity index (χ0n) is 8.11. The Balaban J connectivity index is 2.78. The molecule has 0 saturated carbocycles. The van der Waals surface area contributed by atoms with E-state index in [2.05, 4.69) is 5.32 Å². The zero-order chi connectivity index (χ0) is 11.3. The van der Waals surface area contributed by atoms with Gasteiger partial charge in [-0.1, -0.05) is 23.7 Å². The number of nitrogens with two attached hydrogens (primary N) is 1. The van der Waals surface area contributed by atoms with E-state index < -0.39 is 6.09 Å². The maximum Gasteiger partial charge on any atom is 0.405 e. The second-order valence-electron chi connectivity index (χ2n) is 3.13. The minimum absolute atomic E-state index is 0.273. The van der Waals surface area contributed by atoms with Gasteiger partial charge in [0, 0.05) is 5.02 Å². The Morgan fingerprint density at radius 3 is 2.53 bits per heavy atom. The second kappa shape index (κ2) is 5.58. The molecule has 1 aromatic carbocycles. The van der Waals surface area contributed by atoms with Crippen LogP contribution in [0.4, 0.5) is 4.79 Å². The summed E-state index contributed by atoms with van der Waals surface area (Å²) in [5, 5.41) is 11.7. The Labute approximate surface area is 93.0 Å². The van der Waals surface area contributed by atoms with Crippen molar-refractivity contribution in [2.75, 3.05) is 6.54 Å². The van der Waals surface area contributed by atoms with E-state index in [9.17, 15) is 4.79 Å². The number of benzene rings is 1. The molecule has 0 aliphatic heterocycles. The summed E-state index contributed by atoms with van der Waals surface area (Å²) in [6.07, 6.45) is -0.489. The number of nitrogens with one attached hydrogen (secondary N) is 1. The normalized spacial score (nSPS) is 12.1. The molecular formula is C10H13ClN2O2. The van der Waals surface area contributed by atoms with Crippen molar-refractivity contribution in [1.82, 2.24) is 5.32 Å². The fraction of sp³-hybridized carbons (Fsp3) is 0.300. The molecule has 1 aromatic rings. The van der Waals surface area contributed by atoms with Gasteiger partial charge in [-0.2, -0.15) is 0 Å². The third kappa shape index (κ3) is 3.77. The highest BCUT2D eigenvalue weighted by molar-refractivity contribution is 6.30. The Kier molecular flexibility index (Phi) is 4.39. The first-order valence-corrected chi connectivity index (χ1v) is 4.96. The van der Waals surface area contributed by atoms with Gasteiger partial charge in [0.25, 0.3) is 0 Å². The van der Waals surface area contributed by atoms with Crippen molar-refractivity contribution >= 4 is 17.7 Å². The third-order valence-corrected chi connectivity index (χ3v) is 2.28. The number of hydrogen-bond acceptors (Lipinski definition) is 2. The van der Waals surface area contributed by atoms with Crippen molar-refractivity contribution in [2.45, 2.75) is 12.5 Å². The number of hydrogen-bond donors (Lipinski definition) is 3. The van der Waals surface area contributed by atoms with Gasteiger partial charge in [-0.3, -0.25) is 0 Å². The highest BCUT2D eigenvalue weighted by atomic mass is 35.5. The van der Waals surface area contributed by atoms with Crippen LogP contribution in [0.1, 0.15) is 18.0 Å². The first kappa shape index (κ1) is 11.8. The van der Waals surface area contributed by atoms with Crippen LogP contribution in [-0.2, 0) is 0 Å². The van der Waals surface area contributed by atoms with Gasteiger partial charge < -0.3 is 16.2 Å². The van der Waals surface area contributed by atoms with Gasteiger partial charge in [-0.05, 0) is 30.7 Å². The molecule has 1 unspecified atom stereocenters. The van der Waals surface area contributed by atoms with E-state index in [4.69, 9.17) is 22.4 Å². The van der Waals surface area contributed by atoms with Crippen LogP contribution in [0.2, 0.25) is 5.02 Å². The van der Waals surface area contributed by atoms with Crippen LogP contribution >= 0.6 is 11.6 Å². The largest absolute Gasteiger partial charge is 0.465 e. The molecular weight excluding hydrogens is 216 g/mol. The molecule has 82 valence electrons.